The number of Topliss-reactive ketones (excluding diaryl/α,β-unsaturated/α-hetero) is 1. The normalized spacial score (nSPS) is 12.5. The van der Waals surface area contributed by atoms with Crippen molar-refractivity contribution in [2.24, 2.45) is 11.7 Å². The number of hydrogen-bond donors (Lipinski definition) is 1. The van der Waals surface area contributed by atoms with E-state index in [1.165, 1.54) is 0 Å². The van der Waals surface area contributed by atoms with Crippen LogP contribution in [0.15, 0.2) is 18.5 Å². The van der Waals surface area contributed by atoms with E-state index in [4.69, 9.17) is 5.73 Å². The van der Waals surface area contributed by atoms with Crippen LogP contribution in [-0.2, 0) is 0 Å². The lowest BCUT2D eigenvalue weighted by Gasteiger charge is -2.10. The first-order valence-electron chi connectivity index (χ1n) is 4.81. The Hall–Kier alpha value is -1.22. The fourth-order valence-corrected chi connectivity index (χ4v) is 1.37. The highest BCUT2D eigenvalue weighted by atomic mass is 16.1. The van der Waals surface area contributed by atoms with E-state index in [1.807, 2.05) is 19.9 Å². The second-order valence-corrected chi connectivity index (χ2v) is 3.53. The number of pyridine rings is 1. The molecule has 1 unspecified atom stereocenters. The predicted octanol–water partition coefficient (Wildman–Crippen LogP) is 1.56. The van der Waals surface area contributed by atoms with Crippen LogP contribution in [0.5, 0.6) is 0 Å². The van der Waals surface area contributed by atoms with Crippen LogP contribution in [0.1, 0.15) is 29.3 Å². The molecule has 76 valence electrons. The van der Waals surface area contributed by atoms with Gasteiger partial charge in [-0.05, 0) is 31.5 Å². The van der Waals surface area contributed by atoms with E-state index in [2.05, 4.69) is 4.98 Å². The molecule has 0 fully saturated rings. The van der Waals surface area contributed by atoms with Crippen LogP contribution in [0.25, 0.3) is 0 Å². The zero-order chi connectivity index (χ0) is 10.6. The molecule has 3 heteroatoms. The molecule has 0 aliphatic heterocycles. The van der Waals surface area contributed by atoms with Gasteiger partial charge in [-0.3, -0.25) is 9.78 Å². The Bertz CT molecular complexity index is 323. The number of ketones is 1. The average molecular weight is 192 g/mol. The van der Waals surface area contributed by atoms with Crippen LogP contribution in [0.3, 0.4) is 0 Å². The third-order valence-electron chi connectivity index (χ3n) is 2.35. The monoisotopic (exact) mass is 192 g/mol. The Morgan fingerprint density at radius 1 is 1.64 bits per heavy atom. The molecule has 2 N–H and O–H groups in total. The van der Waals surface area contributed by atoms with Crippen molar-refractivity contribution in [2.45, 2.75) is 20.3 Å². The molecule has 0 aliphatic rings. The fraction of sp³-hybridized carbons (Fsp3) is 0.455. The molecule has 0 saturated carbocycles. The molecule has 0 spiro atoms. The highest BCUT2D eigenvalue weighted by Crippen LogP contribution is 2.13. The molecular weight excluding hydrogens is 176 g/mol. The number of rotatable bonds is 4. The minimum absolute atomic E-state index is 0.0112. The number of hydrogen-bond acceptors (Lipinski definition) is 3. The van der Waals surface area contributed by atoms with Crippen LogP contribution < -0.4 is 5.73 Å². The fourth-order valence-electron chi connectivity index (χ4n) is 1.37. The SMILES string of the molecule is Cc1ccncc1C(=O)C(C)CCN. The molecule has 0 saturated heterocycles. The summed E-state index contributed by atoms with van der Waals surface area (Å²) >= 11 is 0. The van der Waals surface area contributed by atoms with Crippen LogP contribution in [-0.4, -0.2) is 17.3 Å². The molecule has 0 aliphatic carbocycles. The molecule has 1 aromatic rings. The quantitative estimate of drug-likeness (QED) is 0.736. The topological polar surface area (TPSA) is 56.0 Å². The van der Waals surface area contributed by atoms with E-state index in [0.717, 1.165) is 12.0 Å². The lowest BCUT2D eigenvalue weighted by atomic mass is 9.95. The minimum atomic E-state index is -0.0112. The van der Waals surface area contributed by atoms with Gasteiger partial charge in [-0.2, -0.15) is 0 Å². The van der Waals surface area contributed by atoms with Gasteiger partial charge in [0.1, 0.15) is 0 Å². The largest absolute Gasteiger partial charge is 0.330 e. The first-order chi connectivity index (χ1) is 6.66. The Balaban J connectivity index is 2.84. The van der Waals surface area contributed by atoms with E-state index in [-0.39, 0.29) is 11.7 Å². The maximum atomic E-state index is 11.9. The zero-order valence-corrected chi connectivity index (χ0v) is 8.66. The van der Waals surface area contributed by atoms with Crippen molar-refractivity contribution in [2.75, 3.05) is 6.54 Å². The maximum Gasteiger partial charge on any atom is 0.167 e. The van der Waals surface area contributed by atoms with Crippen LogP contribution in [0.4, 0.5) is 0 Å². The van der Waals surface area contributed by atoms with Gasteiger partial charge >= 0.3 is 0 Å². The lowest BCUT2D eigenvalue weighted by molar-refractivity contribution is 0.0924. The number of carbonyl (C=O) groups excluding carboxylic acids is 1. The van der Waals surface area contributed by atoms with Gasteiger partial charge in [-0.15, -0.1) is 0 Å². The third kappa shape index (κ3) is 2.39. The lowest BCUT2D eigenvalue weighted by Crippen LogP contribution is -2.16. The summed E-state index contributed by atoms with van der Waals surface area (Å²) in [5.41, 5.74) is 7.11. The summed E-state index contributed by atoms with van der Waals surface area (Å²) in [5.74, 6) is 0.129. The van der Waals surface area contributed by atoms with E-state index in [0.29, 0.717) is 12.1 Å². The second kappa shape index (κ2) is 4.86. The first-order valence-corrected chi connectivity index (χ1v) is 4.81. The van der Waals surface area contributed by atoms with Crippen LogP contribution in [0, 0.1) is 12.8 Å². The van der Waals surface area contributed by atoms with E-state index >= 15 is 0 Å². The van der Waals surface area contributed by atoms with Gasteiger partial charge in [0, 0.05) is 23.9 Å². The minimum Gasteiger partial charge on any atom is -0.330 e. The summed E-state index contributed by atoms with van der Waals surface area (Å²) in [4.78, 5) is 15.8. The Morgan fingerprint density at radius 3 is 2.93 bits per heavy atom. The van der Waals surface area contributed by atoms with E-state index in [9.17, 15) is 4.79 Å². The summed E-state index contributed by atoms with van der Waals surface area (Å²) in [6.07, 6.45) is 4.05. The van der Waals surface area contributed by atoms with Gasteiger partial charge in [0.2, 0.25) is 0 Å². The zero-order valence-electron chi connectivity index (χ0n) is 8.66. The Kier molecular flexibility index (Phi) is 3.77. The second-order valence-electron chi connectivity index (χ2n) is 3.53. The molecule has 0 aromatic carbocycles. The molecule has 1 heterocycles. The third-order valence-corrected chi connectivity index (χ3v) is 2.35. The van der Waals surface area contributed by atoms with Crippen molar-refractivity contribution < 1.29 is 4.79 Å². The smallest absolute Gasteiger partial charge is 0.167 e. The number of nitrogens with two attached hydrogens (primary N) is 1. The Labute approximate surface area is 84.3 Å². The first kappa shape index (κ1) is 10.9. The predicted molar refractivity (Wildman–Crippen MR) is 56.1 cm³/mol. The van der Waals surface area contributed by atoms with Gasteiger partial charge < -0.3 is 5.73 Å². The number of carbonyl (C=O) groups is 1. The van der Waals surface area contributed by atoms with Crippen molar-refractivity contribution in [3.63, 3.8) is 0 Å². The number of aromatic nitrogens is 1. The van der Waals surface area contributed by atoms with Crippen molar-refractivity contribution in [1.29, 1.82) is 0 Å². The maximum absolute atomic E-state index is 11.9. The van der Waals surface area contributed by atoms with Crippen LogP contribution in [0.2, 0.25) is 0 Å². The summed E-state index contributed by atoms with van der Waals surface area (Å²) in [6, 6.07) is 1.85. The molecule has 1 aromatic heterocycles. The highest BCUT2D eigenvalue weighted by molar-refractivity contribution is 5.98. The molecular formula is C11H16N2O. The molecule has 0 bridgehead atoms. The van der Waals surface area contributed by atoms with Gasteiger partial charge in [-0.1, -0.05) is 6.92 Å². The molecule has 1 rings (SSSR count). The Morgan fingerprint density at radius 2 is 2.36 bits per heavy atom. The van der Waals surface area contributed by atoms with Gasteiger partial charge in [0.15, 0.2) is 5.78 Å². The summed E-state index contributed by atoms with van der Waals surface area (Å²) in [7, 11) is 0. The van der Waals surface area contributed by atoms with Crippen LogP contribution >= 0.6 is 0 Å². The van der Waals surface area contributed by atoms with Crippen molar-refractivity contribution >= 4 is 5.78 Å². The number of nitrogens with zero attached hydrogens (tertiary/aromatic N) is 1. The standard InChI is InChI=1S/C11H16N2O/c1-8-4-6-13-7-10(8)11(14)9(2)3-5-12/h4,6-7,9H,3,5,12H2,1-2H3. The highest BCUT2D eigenvalue weighted by Gasteiger charge is 2.15. The summed E-state index contributed by atoms with van der Waals surface area (Å²) in [6.45, 7) is 4.37. The van der Waals surface area contributed by atoms with Crippen molar-refractivity contribution in [1.82, 2.24) is 4.98 Å². The van der Waals surface area contributed by atoms with Crippen molar-refractivity contribution in [3.05, 3.63) is 29.6 Å². The molecule has 14 heavy (non-hydrogen) atoms. The average Bonchev–Trinajstić information content (AvgIpc) is 2.18. The van der Waals surface area contributed by atoms with Gasteiger partial charge in [0.05, 0.1) is 0 Å². The van der Waals surface area contributed by atoms with E-state index < -0.39 is 0 Å². The molecule has 0 amide bonds. The number of aryl methyl sites for hydroxylation is 1. The summed E-state index contributed by atoms with van der Waals surface area (Å²) < 4.78 is 0. The van der Waals surface area contributed by atoms with Gasteiger partial charge in [0.25, 0.3) is 0 Å². The molecule has 0 radical (unpaired) electrons. The molecule has 1 atom stereocenters. The van der Waals surface area contributed by atoms with E-state index in [1.54, 1.807) is 12.4 Å². The summed E-state index contributed by atoms with van der Waals surface area (Å²) in [5, 5.41) is 0. The van der Waals surface area contributed by atoms with Gasteiger partial charge in [-0.25, -0.2) is 0 Å². The van der Waals surface area contributed by atoms with Crippen molar-refractivity contribution in [3.8, 4) is 0 Å². The molecule has 3 nitrogen and oxygen atoms in total.